The molecule has 0 spiro atoms. The van der Waals surface area contributed by atoms with E-state index in [4.69, 9.17) is 11.0 Å². The fourth-order valence-corrected chi connectivity index (χ4v) is 5.97. The first-order valence-corrected chi connectivity index (χ1v) is 15.0. The second kappa shape index (κ2) is 11.3. The fourth-order valence-electron chi connectivity index (χ4n) is 5.97. The van der Waals surface area contributed by atoms with Crippen LogP contribution in [0.5, 0.6) is 0 Å². The Morgan fingerprint density at radius 3 is 1.94 bits per heavy atom. The molecule has 220 valence electrons. The van der Waals surface area contributed by atoms with Crippen LogP contribution in [0.3, 0.4) is 0 Å². The van der Waals surface area contributed by atoms with E-state index < -0.39 is 118 Å². The maximum absolute atomic E-state index is 9.73. The van der Waals surface area contributed by atoms with Gasteiger partial charge in [-0.05, 0) is 102 Å². The lowest BCUT2D eigenvalue weighted by atomic mass is 9.97. The standard InChI is InChI=1S/C46H31N/c1-2-12-36-29-39(21-19-32(36)9-1)37-14-7-15-42(31-37)47(46-18-8-13-34-10-4-6-17-45(34)46)41-26-23-33(24-27-41)38-25-28-44-40(30-38)22-20-35-11-3-5-16-43(35)44/h1-31H/i4D,6D,7D,8D,10D,13D,14D,15D,17D,18D,23D,24D,26D,27D,31D. The molecule has 0 aliphatic carbocycles. The van der Waals surface area contributed by atoms with E-state index in [1.807, 2.05) is 60.7 Å². The summed E-state index contributed by atoms with van der Waals surface area (Å²) >= 11 is 0. The summed E-state index contributed by atoms with van der Waals surface area (Å²) in [5.74, 6) is 0. The van der Waals surface area contributed by atoms with Crippen LogP contribution in [-0.4, -0.2) is 0 Å². The molecule has 9 rings (SSSR count). The van der Waals surface area contributed by atoms with Crippen molar-refractivity contribution in [1.82, 2.24) is 0 Å². The van der Waals surface area contributed by atoms with Gasteiger partial charge in [0.2, 0.25) is 0 Å². The van der Waals surface area contributed by atoms with Gasteiger partial charge in [0.1, 0.15) is 0 Å². The zero-order chi connectivity index (χ0) is 44.2. The Kier molecular flexibility index (Phi) is 3.83. The Labute approximate surface area is 295 Å². The maximum Gasteiger partial charge on any atom is 0.0651 e. The third kappa shape index (κ3) is 4.90. The van der Waals surface area contributed by atoms with E-state index in [-0.39, 0.29) is 16.7 Å². The van der Waals surface area contributed by atoms with Crippen LogP contribution in [0, 0.1) is 0 Å². The largest absolute Gasteiger partial charge is 0.310 e. The van der Waals surface area contributed by atoms with Crippen LogP contribution < -0.4 is 4.90 Å². The molecule has 0 amide bonds. The molecule has 0 atom stereocenters. The summed E-state index contributed by atoms with van der Waals surface area (Å²) in [6, 6.07) is 18.6. The predicted molar refractivity (Wildman–Crippen MR) is 202 cm³/mol. The molecule has 0 aromatic heterocycles. The highest BCUT2D eigenvalue weighted by Gasteiger charge is 2.16. The number of rotatable bonds is 5. The minimum atomic E-state index is -0.845. The summed E-state index contributed by atoms with van der Waals surface area (Å²) in [6.45, 7) is 0. The van der Waals surface area contributed by atoms with Crippen molar-refractivity contribution in [2.45, 2.75) is 0 Å². The Hall–Kier alpha value is -6.18. The van der Waals surface area contributed by atoms with E-state index in [1.54, 1.807) is 36.4 Å². The summed E-state index contributed by atoms with van der Waals surface area (Å²) in [5, 5.41) is 4.17. The van der Waals surface area contributed by atoms with Crippen LogP contribution in [0.15, 0.2) is 188 Å². The number of benzene rings is 9. The van der Waals surface area contributed by atoms with Gasteiger partial charge in [0.05, 0.1) is 26.2 Å². The molecule has 0 aliphatic rings. The van der Waals surface area contributed by atoms with Gasteiger partial charge < -0.3 is 4.90 Å². The molecule has 0 unspecified atom stereocenters. The number of nitrogens with zero attached hydrogens (tertiary/aromatic N) is 1. The van der Waals surface area contributed by atoms with Crippen LogP contribution in [0.25, 0.3) is 65.3 Å². The van der Waals surface area contributed by atoms with Gasteiger partial charge in [-0.3, -0.25) is 0 Å². The molecular weight excluding hydrogens is 567 g/mol. The van der Waals surface area contributed by atoms with Crippen LogP contribution >= 0.6 is 0 Å². The molecule has 0 radical (unpaired) electrons. The maximum atomic E-state index is 9.73. The highest BCUT2D eigenvalue weighted by molar-refractivity contribution is 6.08. The number of hydrogen-bond donors (Lipinski definition) is 0. The quantitative estimate of drug-likeness (QED) is 0.175. The first-order chi connectivity index (χ1) is 29.5. The van der Waals surface area contributed by atoms with Crippen molar-refractivity contribution in [3.63, 3.8) is 0 Å². The number of hydrogen-bond acceptors (Lipinski definition) is 1. The third-order valence-electron chi connectivity index (χ3n) is 8.26. The van der Waals surface area contributed by atoms with Crippen LogP contribution in [-0.2, 0) is 0 Å². The highest BCUT2D eigenvalue weighted by atomic mass is 15.1. The predicted octanol–water partition coefficient (Wildman–Crippen LogP) is 13.1. The van der Waals surface area contributed by atoms with Gasteiger partial charge in [-0.2, -0.15) is 0 Å². The third-order valence-corrected chi connectivity index (χ3v) is 8.26. The molecular formula is C46H31N. The molecule has 0 heterocycles. The van der Waals surface area contributed by atoms with E-state index in [2.05, 4.69) is 0 Å². The molecule has 0 fully saturated rings. The first-order valence-electron chi connectivity index (χ1n) is 22.5. The highest BCUT2D eigenvalue weighted by Crippen LogP contribution is 2.41. The van der Waals surface area contributed by atoms with Crippen molar-refractivity contribution < 1.29 is 20.6 Å². The normalized spacial score (nSPS) is 15.9. The average molecular weight is 613 g/mol. The molecule has 47 heavy (non-hydrogen) atoms. The zero-order valence-electron chi connectivity index (χ0n) is 39.7. The fraction of sp³-hybridized carbons (Fsp3) is 0. The first kappa shape index (κ1) is 15.9. The molecule has 1 heteroatoms. The number of anilines is 3. The monoisotopic (exact) mass is 612 g/mol. The SMILES string of the molecule is [2H]c1c([2H])c(-c2ccc3ccccc3c2)c([2H])c(N(c2c([2H])c([2H])c(-c3ccc4c(ccc5ccccc54)c3)c([2H])c2[2H])c2c([2H])c([2H])c([2H])c3c([2H])c([2H])c([2H])c([2H])c23)c1[2H]. The summed E-state index contributed by atoms with van der Waals surface area (Å²) < 4.78 is 137. The van der Waals surface area contributed by atoms with Crippen LogP contribution in [0.1, 0.15) is 20.6 Å². The van der Waals surface area contributed by atoms with E-state index in [9.17, 15) is 9.60 Å². The molecule has 0 N–H and O–H groups in total. The molecule has 9 aromatic rings. The van der Waals surface area contributed by atoms with Crippen molar-refractivity contribution in [2.75, 3.05) is 4.90 Å². The van der Waals surface area contributed by atoms with E-state index in [0.717, 1.165) is 37.2 Å². The van der Waals surface area contributed by atoms with E-state index in [1.165, 1.54) is 0 Å². The zero-order valence-corrected chi connectivity index (χ0v) is 24.7. The minimum absolute atomic E-state index is 0.101. The van der Waals surface area contributed by atoms with Crippen molar-refractivity contribution in [3.05, 3.63) is 188 Å². The van der Waals surface area contributed by atoms with Crippen LogP contribution in [0.4, 0.5) is 17.1 Å². The minimum Gasteiger partial charge on any atom is -0.310 e. The van der Waals surface area contributed by atoms with Gasteiger partial charge >= 0.3 is 0 Å². The number of fused-ring (bicyclic) bond motifs is 5. The lowest BCUT2D eigenvalue weighted by molar-refractivity contribution is 1.30. The van der Waals surface area contributed by atoms with Gasteiger partial charge in [0.25, 0.3) is 0 Å². The van der Waals surface area contributed by atoms with Crippen molar-refractivity contribution in [1.29, 1.82) is 0 Å². The molecule has 9 aromatic carbocycles. The van der Waals surface area contributed by atoms with Gasteiger partial charge in [0, 0.05) is 16.8 Å². The Balaban J connectivity index is 1.41. The van der Waals surface area contributed by atoms with Crippen molar-refractivity contribution >= 4 is 60.2 Å². The lowest BCUT2D eigenvalue weighted by Gasteiger charge is -2.27. The Bertz CT molecular complexity index is 3400. The summed E-state index contributed by atoms with van der Waals surface area (Å²) in [4.78, 5) is 0.812. The topological polar surface area (TPSA) is 3.24 Å². The van der Waals surface area contributed by atoms with Crippen molar-refractivity contribution in [3.8, 4) is 22.3 Å². The summed E-state index contributed by atoms with van der Waals surface area (Å²) in [6.07, 6.45) is 0. The molecule has 0 saturated carbocycles. The molecule has 0 saturated heterocycles. The van der Waals surface area contributed by atoms with Gasteiger partial charge in [-0.1, -0.05) is 145 Å². The van der Waals surface area contributed by atoms with E-state index in [0.29, 0.717) is 5.56 Å². The van der Waals surface area contributed by atoms with Crippen molar-refractivity contribution in [2.24, 2.45) is 0 Å². The van der Waals surface area contributed by atoms with Gasteiger partial charge in [-0.25, -0.2) is 0 Å². The van der Waals surface area contributed by atoms with E-state index >= 15 is 0 Å². The smallest absolute Gasteiger partial charge is 0.0651 e. The second-order valence-electron chi connectivity index (χ2n) is 11.0. The lowest BCUT2D eigenvalue weighted by Crippen LogP contribution is -2.10. The molecule has 1 nitrogen and oxygen atoms in total. The van der Waals surface area contributed by atoms with Crippen LogP contribution in [0.2, 0.25) is 0 Å². The Morgan fingerprint density at radius 2 is 1.02 bits per heavy atom. The molecule has 0 aliphatic heterocycles. The summed E-state index contributed by atoms with van der Waals surface area (Å²) in [7, 11) is 0. The average Bonchev–Trinajstić information content (AvgIpc) is 3.27. The van der Waals surface area contributed by atoms with Gasteiger partial charge in [0.15, 0.2) is 0 Å². The molecule has 0 bridgehead atoms. The second-order valence-corrected chi connectivity index (χ2v) is 11.0. The Morgan fingerprint density at radius 1 is 0.362 bits per heavy atom. The summed E-state index contributed by atoms with van der Waals surface area (Å²) in [5.41, 5.74) is -1.54. The van der Waals surface area contributed by atoms with Gasteiger partial charge in [-0.15, -0.1) is 0 Å².